The molecule has 0 aliphatic heterocycles. The molecule has 1 aromatic heterocycles. The maximum absolute atomic E-state index is 12.2. The molecule has 0 spiro atoms. The minimum absolute atomic E-state index is 0.00951. The van der Waals surface area contributed by atoms with Crippen molar-refractivity contribution >= 4 is 5.91 Å². The van der Waals surface area contributed by atoms with Gasteiger partial charge in [-0.2, -0.15) is 0 Å². The maximum atomic E-state index is 12.2. The van der Waals surface area contributed by atoms with Gasteiger partial charge in [0.2, 0.25) is 0 Å². The molecule has 2 aliphatic carbocycles. The highest BCUT2D eigenvalue weighted by atomic mass is 16.3. The van der Waals surface area contributed by atoms with Crippen molar-refractivity contribution < 1.29 is 9.21 Å². The van der Waals surface area contributed by atoms with Gasteiger partial charge in [0.25, 0.3) is 5.91 Å². The Morgan fingerprint density at radius 2 is 2.28 bits per heavy atom. The number of rotatable bonds is 3. The first kappa shape index (κ1) is 11.8. The molecule has 0 aromatic carbocycles. The lowest BCUT2D eigenvalue weighted by Crippen LogP contribution is -2.41. The molecule has 0 radical (unpaired) electrons. The van der Waals surface area contributed by atoms with Crippen molar-refractivity contribution in [2.45, 2.75) is 38.6 Å². The Balaban J connectivity index is 1.69. The number of carbonyl (C=O) groups excluding carboxylic acids is 1. The first-order valence-corrected chi connectivity index (χ1v) is 6.97. The lowest BCUT2D eigenvalue weighted by Gasteiger charge is -2.34. The first-order valence-electron chi connectivity index (χ1n) is 6.97. The van der Waals surface area contributed by atoms with Crippen LogP contribution in [-0.2, 0) is 0 Å². The molecular formula is C15H21NO2. The van der Waals surface area contributed by atoms with Gasteiger partial charge in [0.1, 0.15) is 0 Å². The zero-order chi connectivity index (χ0) is 12.7. The molecule has 2 aliphatic rings. The lowest BCUT2D eigenvalue weighted by molar-refractivity contribution is 0.0619. The maximum Gasteiger partial charge on any atom is 0.289 e. The molecule has 4 unspecified atom stereocenters. The van der Waals surface area contributed by atoms with E-state index in [0.717, 1.165) is 11.8 Å². The summed E-state index contributed by atoms with van der Waals surface area (Å²) in [6.07, 6.45) is 7.02. The van der Waals surface area contributed by atoms with E-state index in [1.54, 1.807) is 18.4 Å². The Labute approximate surface area is 108 Å². The third-order valence-corrected chi connectivity index (χ3v) is 5.08. The predicted octanol–water partition coefficient (Wildman–Crippen LogP) is 3.18. The highest BCUT2D eigenvalue weighted by Gasteiger charge is 2.43. The normalized spacial score (nSPS) is 31.6. The van der Waals surface area contributed by atoms with Crippen molar-refractivity contribution in [3.05, 3.63) is 24.2 Å². The molecule has 1 amide bonds. The van der Waals surface area contributed by atoms with Crippen molar-refractivity contribution in [3.63, 3.8) is 0 Å². The van der Waals surface area contributed by atoms with Crippen LogP contribution in [0.15, 0.2) is 22.8 Å². The summed E-state index contributed by atoms with van der Waals surface area (Å²) in [5, 5.41) is 0. The Kier molecular flexibility index (Phi) is 2.92. The highest BCUT2D eigenvalue weighted by Crippen LogP contribution is 2.50. The van der Waals surface area contributed by atoms with Crippen LogP contribution in [0.5, 0.6) is 0 Å². The molecule has 2 fully saturated rings. The van der Waals surface area contributed by atoms with Crippen molar-refractivity contribution in [1.82, 2.24) is 4.90 Å². The number of hydrogen-bond donors (Lipinski definition) is 0. The smallest absolute Gasteiger partial charge is 0.289 e. The van der Waals surface area contributed by atoms with E-state index in [4.69, 9.17) is 4.42 Å². The van der Waals surface area contributed by atoms with Gasteiger partial charge in [-0.25, -0.2) is 0 Å². The SMILES string of the molecule is CC(C1CC2CCC1C2)N(C)C(=O)c1ccco1. The fourth-order valence-electron chi connectivity index (χ4n) is 3.93. The molecule has 0 saturated heterocycles. The molecule has 1 aromatic rings. The number of carbonyl (C=O) groups is 1. The highest BCUT2D eigenvalue weighted by molar-refractivity contribution is 5.91. The Morgan fingerprint density at radius 3 is 2.83 bits per heavy atom. The molecule has 3 nitrogen and oxygen atoms in total. The number of nitrogens with zero attached hydrogens (tertiary/aromatic N) is 1. The largest absolute Gasteiger partial charge is 0.459 e. The van der Waals surface area contributed by atoms with Crippen LogP contribution in [-0.4, -0.2) is 23.9 Å². The predicted molar refractivity (Wildman–Crippen MR) is 69.2 cm³/mol. The van der Waals surface area contributed by atoms with Gasteiger partial charge < -0.3 is 9.32 Å². The average molecular weight is 247 g/mol. The Hall–Kier alpha value is -1.25. The second kappa shape index (κ2) is 4.45. The van der Waals surface area contributed by atoms with Crippen LogP contribution in [0.2, 0.25) is 0 Å². The summed E-state index contributed by atoms with van der Waals surface area (Å²) < 4.78 is 5.20. The monoisotopic (exact) mass is 247 g/mol. The van der Waals surface area contributed by atoms with Crippen LogP contribution in [0.3, 0.4) is 0 Å². The van der Waals surface area contributed by atoms with Crippen LogP contribution in [0.4, 0.5) is 0 Å². The third-order valence-electron chi connectivity index (χ3n) is 5.08. The third kappa shape index (κ3) is 1.86. The summed E-state index contributed by atoms with van der Waals surface area (Å²) in [5.74, 6) is 2.92. The van der Waals surface area contributed by atoms with Gasteiger partial charge in [-0.3, -0.25) is 4.79 Å². The van der Waals surface area contributed by atoms with Gasteiger partial charge in [-0.15, -0.1) is 0 Å². The minimum Gasteiger partial charge on any atom is -0.459 e. The fourth-order valence-corrected chi connectivity index (χ4v) is 3.93. The molecular weight excluding hydrogens is 226 g/mol. The second-order valence-electron chi connectivity index (χ2n) is 5.97. The quantitative estimate of drug-likeness (QED) is 0.822. The van der Waals surface area contributed by atoms with E-state index >= 15 is 0 Å². The van der Waals surface area contributed by atoms with E-state index in [1.165, 1.54) is 25.7 Å². The Bertz CT molecular complexity index is 426. The zero-order valence-corrected chi connectivity index (χ0v) is 11.1. The molecule has 2 bridgehead atoms. The van der Waals surface area contributed by atoms with Crippen LogP contribution in [0, 0.1) is 17.8 Å². The van der Waals surface area contributed by atoms with Crippen molar-refractivity contribution in [3.8, 4) is 0 Å². The molecule has 4 atom stereocenters. The van der Waals surface area contributed by atoms with Crippen LogP contribution >= 0.6 is 0 Å². The van der Waals surface area contributed by atoms with E-state index < -0.39 is 0 Å². The van der Waals surface area contributed by atoms with E-state index in [9.17, 15) is 4.79 Å². The average Bonchev–Trinajstić information content (AvgIpc) is 3.11. The second-order valence-corrected chi connectivity index (χ2v) is 5.97. The topological polar surface area (TPSA) is 33.5 Å². The summed E-state index contributed by atoms with van der Waals surface area (Å²) in [7, 11) is 1.90. The van der Waals surface area contributed by atoms with Gasteiger partial charge in [0.05, 0.1) is 6.26 Å². The van der Waals surface area contributed by atoms with E-state index in [2.05, 4.69) is 6.92 Å². The summed E-state index contributed by atoms with van der Waals surface area (Å²) in [6.45, 7) is 2.19. The fraction of sp³-hybridized carbons (Fsp3) is 0.667. The molecule has 3 rings (SSSR count). The van der Waals surface area contributed by atoms with Gasteiger partial charge >= 0.3 is 0 Å². The number of fused-ring (bicyclic) bond motifs is 2. The standard InChI is InChI=1S/C15H21NO2/c1-10(13-9-11-5-6-12(13)8-11)16(2)15(17)14-4-3-7-18-14/h3-4,7,10-13H,5-6,8-9H2,1-2H3. The first-order chi connectivity index (χ1) is 8.66. The minimum atomic E-state index is 0.00951. The molecule has 98 valence electrons. The summed E-state index contributed by atoms with van der Waals surface area (Å²) in [5.41, 5.74) is 0. The number of amides is 1. The van der Waals surface area contributed by atoms with Gasteiger partial charge in [0, 0.05) is 13.1 Å². The lowest BCUT2D eigenvalue weighted by atomic mass is 9.83. The van der Waals surface area contributed by atoms with Gasteiger partial charge in [-0.05, 0) is 56.1 Å². The molecule has 18 heavy (non-hydrogen) atoms. The van der Waals surface area contributed by atoms with E-state index in [1.807, 2.05) is 11.9 Å². The van der Waals surface area contributed by atoms with Crippen molar-refractivity contribution in [1.29, 1.82) is 0 Å². The van der Waals surface area contributed by atoms with Crippen molar-refractivity contribution in [2.75, 3.05) is 7.05 Å². The van der Waals surface area contributed by atoms with Gasteiger partial charge in [0.15, 0.2) is 5.76 Å². The van der Waals surface area contributed by atoms with Crippen LogP contribution in [0.1, 0.15) is 43.2 Å². The number of furan rings is 1. The van der Waals surface area contributed by atoms with E-state index in [-0.39, 0.29) is 5.91 Å². The summed E-state index contributed by atoms with van der Waals surface area (Å²) in [4.78, 5) is 14.1. The molecule has 3 heteroatoms. The number of hydrogen-bond acceptors (Lipinski definition) is 2. The van der Waals surface area contributed by atoms with Crippen LogP contribution < -0.4 is 0 Å². The van der Waals surface area contributed by atoms with Crippen molar-refractivity contribution in [2.24, 2.45) is 17.8 Å². The molecule has 1 heterocycles. The van der Waals surface area contributed by atoms with Crippen LogP contribution in [0.25, 0.3) is 0 Å². The summed E-state index contributed by atoms with van der Waals surface area (Å²) >= 11 is 0. The van der Waals surface area contributed by atoms with Gasteiger partial charge in [-0.1, -0.05) is 6.42 Å². The van der Waals surface area contributed by atoms with E-state index in [0.29, 0.717) is 17.7 Å². The zero-order valence-electron chi connectivity index (χ0n) is 11.1. The summed E-state index contributed by atoms with van der Waals surface area (Å²) in [6, 6.07) is 3.83. The molecule has 2 saturated carbocycles. The Morgan fingerprint density at radius 1 is 1.44 bits per heavy atom. The molecule has 0 N–H and O–H groups in total.